The molecule has 9 rings (SSSR count). The van der Waals surface area contributed by atoms with Crippen LogP contribution in [0.15, 0.2) is 178 Å². The summed E-state index contributed by atoms with van der Waals surface area (Å²) in [6.45, 7) is 0. The SMILES string of the molecule is [2H]c1cc(Sc2cc(-c3nc(-c4ccccc4)nc(-c4ccc5c(c4)oc4c(-c6ccccc6)cccc45)n3)c([2H])c([2H])c2[2H])c2c([2H])c([2H])c([2H])c([2H])c2c1[2H]. The second-order valence-corrected chi connectivity index (χ2v) is 12.0. The highest BCUT2D eigenvalue weighted by atomic mass is 32.2. The Hall–Kier alpha value is -6.04. The first-order valence-electron chi connectivity index (χ1n) is 19.6. The summed E-state index contributed by atoms with van der Waals surface area (Å²) in [7, 11) is 0. The van der Waals surface area contributed by atoms with Gasteiger partial charge in [-0.3, -0.25) is 0 Å². The lowest BCUT2D eigenvalue weighted by Crippen LogP contribution is -2.00. The van der Waals surface area contributed by atoms with Gasteiger partial charge in [-0.25, -0.2) is 15.0 Å². The maximum atomic E-state index is 8.98. The van der Waals surface area contributed by atoms with Crippen LogP contribution in [-0.2, 0) is 0 Å². The van der Waals surface area contributed by atoms with E-state index in [2.05, 4.69) is 0 Å². The molecule has 0 fully saturated rings. The van der Waals surface area contributed by atoms with E-state index >= 15 is 0 Å². The Labute approximate surface area is 294 Å². The van der Waals surface area contributed by atoms with Crippen molar-refractivity contribution in [3.05, 3.63) is 164 Å². The molecule has 2 heterocycles. The third-order valence-corrected chi connectivity index (χ3v) is 8.94. The lowest BCUT2D eigenvalue weighted by molar-refractivity contribution is 0.670. The second kappa shape index (κ2) is 12.0. The smallest absolute Gasteiger partial charge is 0.164 e. The van der Waals surface area contributed by atoms with Crippen LogP contribution in [0.3, 0.4) is 0 Å². The Kier molecular flexibility index (Phi) is 5.04. The highest BCUT2D eigenvalue weighted by molar-refractivity contribution is 7.99. The van der Waals surface area contributed by atoms with E-state index in [4.69, 9.17) is 31.7 Å². The van der Waals surface area contributed by atoms with Crippen LogP contribution in [0, 0.1) is 0 Å². The topological polar surface area (TPSA) is 51.8 Å². The third-order valence-electron chi connectivity index (χ3n) is 7.96. The molecule has 0 saturated heterocycles. The molecular formula is C43H27N3OS. The maximum Gasteiger partial charge on any atom is 0.164 e. The van der Waals surface area contributed by atoms with Crippen LogP contribution in [0.2, 0.25) is 0 Å². The van der Waals surface area contributed by atoms with Gasteiger partial charge in [0.2, 0.25) is 0 Å². The number of rotatable bonds is 6. The summed E-state index contributed by atoms with van der Waals surface area (Å²) < 4.78 is 83.6. The van der Waals surface area contributed by atoms with Gasteiger partial charge in [-0.15, -0.1) is 0 Å². The van der Waals surface area contributed by atoms with Crippen LogP contribution < -0.4 is 0 Å². The van der Waals surface area contributed by atoms with Gasteiger partial charge in [-0.2, -0.15) is 0 Å². The number of nitrogens with zero attached hydrogens (tertiary/aromatic N) is 3. The fraction of sp³-hybridized carbons (Fsp3) is 0. The molecule has 0 amide bonds. The molecular weight excluding hydrogens is 607 g/mol. The molecule has 0 atom stereocenters. The summed E-state index contributed by atoms with van der Waals surface area (Å²) in [5.41, 5.74) is 4.79. The highest BCUT2D eigenvalue weighted by Gasteiger charge is 2.17. The first-order chi connectivity index (χ1) is 27.5. The quantitative estimate of drug-likeness (QED) is 0.181. The predicted octanol–water partition coefficient (Wildman–Crippen LogP) is 11.7. The minimum atomic E-state index is -0.519. The third kappa shape index (κ3) is 5.20. The van der Waals surface area contributed by atoms with E-state index in [9.17, 15) is 0 Å². The number of aromatic nitrogens is 3. The summed E-state index contributed by atoms with van der Waals surface area (Å²) >= 11 is 0.914. The predicted molar refractivity (Wildman–Crippen MR) is 197 cm³/mol. The van der Waals surface area contributed by atoms with Gasteiger partial charge in [0.15, 0.2) is 17.5 Å². The van der Waals surface area contributed by atoms with Crippen LogP contribution >= 0.6 is 11.8 Å². The molecule has 48 heavy (non-hydrogen) atoms. The van der Waals surface area contributed by atoms with Gasteiger partial charge in [-0.05, 0) is 46.6 Å². The van der Waals surface area contributed by atoms with Crippen molar-refractivity contribution in [3.8, 4) is 45.3 Å². The zero-order chi connectivity index (χ0) is 39.7. The number of benzene rings is 7. The Balaban J connectivity index is 1.21. The Morgan fingerprint density at radius 1 is 0.500 bits per heavy atom. The maximum absolute atomic E-state index is 8.98. The summed E-state index contributed by atoms with van der Waals surface area (Å²) in [5.74, 6) is 0.671. The molecule has 226 valence electrons. The molecule has 0 N–H and O–H groups in total. The van der Waals surface area contributed by atoms with Gasteiger partial charge < -0.3 is 4.42 Å². The number of para-hydroxylation sites is 1. The van der Waals surface area contributed by atoms with Crippen molar-refractivity contribution in [1.29, 1.82) is 0 Å². The van der Waals surface area contributed by atoms with Crippen LogP contribution in [-0.4, -0.2) is 15.0 Å². The molecule has 0 radical (unpaired) electrons. The van der Waals surface area contributed by atoms with Crippen molar-refractivity contribution < 1.29 is 16.8 Å². The Morgan fingerprint density at radius 3 is 2.06 bits per heavy atom. The summed E-state index contributed by atoms with van der Waals surface area (Å²) in [4.78, 5) is 14.8. The lowest BCUT2D eigenvalue weighted by Gasteiger charge is -2.10. The normalized spacial score (nSPS) is 14.0. The number of hydrogen-bond acceptors (Lipinski definition) is 5. The minimum Gasteiger partial charge on any atom is -0.455 e. The summed E-state index contributed by atoms with van der Waals surface area (Å²) in [6.07, 6.45) is 0. The van der Waals surface area contributed by atoms with Crippen LogP contribution in [0.25, 0.3) is 78.0 Å². The monoisotopic (exact) mass is 642 g/mol. The fourth-order valence-electron chi connectivity index (χ4n) is 5.70. The number of furan rings is 1. The van der Waals surface area contributed by atoms with E-state index in [1.807, 2.05) is 97.1 Å². The zero-order valence-electron chi connectivity index (χ0n) is 34.1. The van der Waals surface area contributed by atoms with Gasteiger partial charge in [0.25, 0.3) is 0 Å². The molecule has 0 spiro atoms. The van der Waals surface area contributed by atoms with Crippen LogP contribution in [0.1, 0.15) is 12.3 Å². The van der Waals surface area contributed by atoms with E-state index in [0.717, 1.165) is 39.2 Å². The highest BCUT2D eigenvalue weighted by Crippen LogP contribution is 2.38. The first kappa shape index (κ1) is 20.3. The molecule has 0 bridgehead atoms. The lowest BCUT2D eigenvalue weighted by atomic mass is 10.0. The average Bonchev–Trinajstić information content (AvgIpc) is 3.62. The number of hydrogen-bond donors (Lipinski definition) is 0. The molecule has 9 aromatic rings. The Bertz CT molecular complexity index is 3110. The molecule has 7 aromatic carbocycles. The second-order valence-electron chi connectivity index (χ2n) is 11.0. The van der Waals surface area contributed by atoms with Crippen molar-refractivity contribution >= 4 is 44.5 Å². The van der Waals surface area contributed by atoms with E-state index < -0.39 is 24.2 Å². The molecule has 4 nitrogen and oxygen atoms in total. The molecule has 0 saturated carbocycles. The summed E-state index contributed by atoms with van der Waals surface area (Å²) in [6, 6.07) is 30.4. The van der Waals surface area contributed by atoms with Crippen molar-refractivity contribution in [2.24, 2.45) is 0 Å². The minimum absolute atomic E-state index is 0.0279. The molecule has 0 unspecified atom stereocenters. The van der Waals surface area contributed by atoms with Crippen molar-refractivity contribution in [2.45, 2.75) is 9.79 Å². The molecule has 5 heteroatoms. The van der Waals surface area contributed by atoms with Gasteiger partial charge in [0, 0.05) is 42.8 Å². The molecule has 2 aromatic heterocycles. The molecule has 0 aliphatic heterocycles. The van der Waals surface area contributed by atoms with Crippen LogP contribution in [0.5, 0.6) is 0 Å². The van der Waals surface area contributed by atoms with E-state index in [-0.39, 0.29) is 68.0 Å². The van der Waals surface area contributed by atoms with Crippen molar-refractivity contribution in [3.63, 3.8) is 0 Å². The van der Waals surface area contributed by atoms with E-state index in [1.165, 1.54) is 12.1 Å². The van der Waals surface area contributed by atoms with E-state index in [0.29, 0.717) is 22.5 Å². The van der Waals surface area contributed by atoms with Crippen LogP contribution in [0.4, 0.5) is 0 Å². The molecule has 0 aliphatic rings. The standard InChI is InChI=1S/C43H27N3OS/c1-3-12-29(13-4-1)35-21-11-22-37-36-25-24-32(27-38(36)47-40(35)37)43-45-41(30-15-5-2-6-16-30)44-42(46-43)31-18-9-19-33(26-31)48-39-23-10-17-28-14-7-8-20-34(28)39/h1-27H/i7D,8D,9D,10D,14D,17D,18D,19D,20D. The largest absolute Gasteiger partial charge is 0.455 e. The van der Waals surface area contributed by atoms with Gasteiger partial charge >= 0.3 is 0 Å². The van der Waals surface area contributed by atoms with Gasteiger partial charge in [0.05, 0.1) is 12.3 Å². The first-order valence-corrected chi connectivity index (χ1v) is 15.9. The van der Waals surface area contributed by atoms with Crippen molar-refractivity contribution in [2.75, 3.05) is 0 Å². The number of fused-ring (bicyclic) bond motifs is 4. The summed E-state index contributed by atoms with van der Waals surface area (Å²) in [5, 5.41) is 1.79. The van der Waals surface area contributed by atoms with E-state index in [1.54, 1.807) is 0 Å². The zero-order valence-corrected chi connectivity index (χ0v) is 25.9. The average molecular weight is 643 g/mol. The van der Waals surface area contributed by atoms with Gasteiger partial charge in [-0.1, -0.05) is 145 Å². The Morgan fingerprint density at radius 2 is 1.23 bits per heavy atom. The van der Waals surface area contributed by atoms with Gasteiger partial charge in [0.1, 0.15) is 11.2 Å². The fourth-order valence-corrected chi connectivity index (χ4v) is 6.59. The molecule has 0 aliphatic carbocycles. The van der Waals surface area contributed by atoms with Crippen molar-refractivity contribution in [1.82, 2.24) is 15.0 Å².